The molecule has 0 unspecified atom stereocenters. The molecule has 2 saturated heterocycles. The van der Waals surface area contributed by atoms with Crippen LogP contribution in [-0.4, -0.2) is 46.9 Å². The van der Waals surface area contributed by atoms with E-state index in [0.29, 0.717) is 38.8 Å². The fourth-order valence-corrected chi connectivity index (χ4v) is 1.68. The van der Waals surface area contributed by atoms with Crippen molar-refractivity contribution < 1.29 is 88.5 Å². The van der Waals surface area contributed by atoms with Crippen molar-refractivity contribution >= 4 is 24.0 Å². The summed E-state index contributed by atoms with van der Waals surface area (Å²) in [5, 5.41) is 20.0. The van der Waals surface area contributed by atoms with Crippen LogP contribution >= 0.6 is 0 Å². The summed E-state index contributed by atoms with van der Waals surface area (Å²) in [4.78, 5) is 42.5. The summed E-state index contributed by atoms with van der Waals surface area (Å²) in [7, 11) is 0. The Bertz CT molecular complexity index is 354. The maximum absolute atomic E-state index is 10.5. The fourth-order valence-electron chi connectivity index (χ4n) is 1.68. The molecule has 0 spiro atoms. The van der Waals surface area contributed by atoms with Crippen molar-refractivity contribution in [2.75, 3.05) is 13.1 Å². The SMILES string of the molecule is O=C([O-])N1CCCC1=O.O=C([O-])N1CCCC1=O.[Na+].[Na+]. The molecule has 0 aromatic carbocycles. The summed E-state index contributed by atoms with van der Waals surface area (Å²) in [5.74, 6) is -0.676. The van der Waals surface area contributed by atoms with Gasteiger partial charge in [-0.2, -0.15) is 0 Å². The smallest absolute Gasteiger partial charge is 0.530 e. The molecule has 20 heavy (non-hydrogen) atoms. The number of imide groups is 2. The quantitative estimate of drug-likeness (QED) is 0.410. The number of likely N-dealkylation sites (tertiary alicyclic amines) is 2. The second-order valence-electron chi connectivity index (χ2n) is 3.83. The Labute approximate surface area is 160 Å². The molecule has 10 heteroatoms. The van der Waals surface area contributed by atoms with Gasteiger partial charge in [-0.3, -0.25) is 19.4 Å². The summed E-state index contributed by atoms with van der Waals surface area (Å²) in [5.41, 5.74) is 0. The van der Waals surface area contributed by atoms with Crippen LogP contribution in [0.4, 0.5) is 9.59 Å². The zero-order chi connectivity index (χ0) is 13.7. The minimum Gasteiger partial charge on any atom is -0.530 e. The molecule has 4 amide bonds. The third-order valence-electron chi connectivity index (χ3n) is 2.59. The second-order valence-corrected chi connectivity index (χ2v) is 3.83. The number of amides is 4. The Kier molecular flexibility index (Phi) is 11.7. The van der Waals surface area contributed by atoms with E-state index in [1.165, 1.54) is 0 Å². The Morgan fingerprint density at radius 3 is 1.20 bits per heavy atom. The summed E-state index contributed by atoms with van der Waals surface area (Å²) in [6.07, 6.45) is -0.809. The molecule has 2 aliphatic heterocycles. The van der Waals surface area contributed by atoms with Gasteiger partial charge in [0.25, 0.3) is 0 Å². The van der Waals surface area contributed by atoms with Gasteiger partial charge in [-0.15, -0.1) is 0 Å². The van der Waals surface area contributed by atoms with Crippen molar-refractivity contribution in [2.24, 2.45) is 0 Å². The Morgan fingerprint density at radius 2 is 1.10 bits per heavy atom. The molecular weight excluding hydrogens is 290 g/mol. The molecule has 2 fully saturated rings. The predicted octanol–water partition coefficient (Wildman–Crippen LogP) is -8.09. The maximum atomic E-state index is 10.5. The number of carbonyl (C=O) groups is 4. The van der Waals surface area contributed by atoms with Crippen LogP contribution in [0.15, 0.2) is 0 Å². The molecular formula is C10H12N2Na2O6. The molecule has 2 rings (SSSR count). The number of carbonyl (C=O) groups excluding carboxylic acids is 4. The van der Waals surface area contributed by atoms with Crippen LogP contribution in [0.25, 0.3) is 0 Å². The third-order valence-corrected chi connectivity index (χ3v) is 2.59. The first-order valence-electron chi connectivity index (χ1n) is 5.46. The number of hydrogen-bond donors (Lipinski definition) is 0. The molecule has 0 aliphatic carbocycles. The van der Waals surface area contributed by atoms with E-state index < -0.39 is 12.2 Å². The van der Waals surface area contributed by atoms with Gasteiger partial charge in [0.2, 0.25) is 11.8 Å². The standard InChI is InChI=1S/2C5H7NO3.2Na/c2*7-4-2-1-3-6(4)5(8)9;;/h2*1-3H2,(H,8,9);;/q;;2*+1/p-2. The zero-order valence-corrected chi connectivity index (χ0v) is 15.6. The molecule has 0 radical (unpaired) electrons. The Balaban J connectivity index is 0. The zero-order valence-electron chi connectivity index (χ0n) is 11.6. The van der Waals surface area contributed by atoms with E-state index in [1.807, 2.05) is 0 Å². The van der Waals surface area contributed by atoms with Crippen LogP contribution in [0.3, 0.4) is 0 Å². The molecule has 0 aromatic rings. The Hall–Kier alpha value is -0.120. The van der Waals surface area contributed by atoms with E-state index in [9.17, 15) is 29.4 Å². The summed E-state index contributed by atoms with van der Waals surface area (Å²) in [6, 6.07) is 0. The van der Waals surface area contributed by atoms with Crippen molar-refractivity contribution in [2.45, 2.75) is 25.7 Å². The first kappa shape index (κ1) is 22.2. The summed E-state index contributed by atoms with van der Waals surface area (Å²) >= 11 is 0. The normalized spacial score (nSPS) is 16.8. The van der Waals surface area contributed by atoms with E-state index in [-0.39, 0.29) is 70.9 Å². The van der Waals surface area contributed by atoms with Crippen LogP contribution in [0.5, 0.6) is 0 Å². The molecule has 0 atom stereocenters. The molecule has 100 valence electrons. The van der Waals surface area contributed by atoms with Crippen LogP contribution in [-0.2, 0) is 9.59 Å². The Morgan fingerprint density at radius 1 is 0.800 bits per heavy atom. The second kappa shape index (κ2) is 10.6. The van der Waals surface area contributed by atoms with Gasteiger partial charge in [0, 0.05) is 25.9 Å². The average molecular weight is 302 g/mol. The van der Waals surface area contributed by atoms with E-state index >= 15 is 0 Å². The van der Waals surface area contributed by atoms with Gasteiger partial charge in [0.1, 0.15) is 12.2 Å². The van der Waals surface area contributed by atoms with E-state index in [4.69, 9.17) is 0 Å². The van der Waals surface area contributed by atoms with Gasteiger partial charge in [-0.05, 0) is 12.8 Å². The van der Waals surface area contributed by atoms with Gasteiger partial charge in [0.15, 0.2) is 0 Å². The number of rotatable bonds is 0. The van der Waals surface area contributed by atoms with Crippen LogP contribution < -0.4 is 69.3 Å². The predicted molar refractivity (Wildman–Crippen MR) is 52.7 cm³/mol. The molecule has 0 bridgehead atoms. The van der Waals surface area contributed by atoms with Crippen LogP contribution in [0, 0.1) is 0 Å². The number of carboxylic acid groups (broad SMARTS) is 2. The van der Waals surface area contributed by atoms with Crippen LogP contribution in [0.1, 0.15) is 25.7 Å². The first-order valence-corrected chi connectivity index (χ1v) is 5.46. The molecule has 0 N–H and O–H groups in total. The van der Waals surface area contributed by atoms with Gasteiger partial charge >= 0.3 is 59.1 Å². The van der Waals surface area contributed by atoms with Gasteiger partial charge < -0.3 is 19.8 Å². The molecule has 0 aromatic heterocycles. The van der Waals surface area contributed by atoms with Gasteiger partial charge in [-0.1, -0.05) is 0 Å². The van der Waals surface area contributed by atoms with E-state index in [1.54, 1.807) is 0 Å². The topological polar surface area (TPSA) is 121 Å². The summed E-state index contributed by atoms with van der Waals surface area (Å²) < 4.78 is 0. The minimum atomic E-state index is -1.38. The fraction of sp³-hybridized carbons (Fsp3) is 0.600. The third kappa shape index (κ3) is 6.55. The van der Waals surface area contributed by atoms with Crippen LogP contribution in [0.2, 0.25) is 0 Å². The largest absolute Gasteiger partial charge is 1.00 e. The maximum Gasteiger partial charge on any atom is 1.00 e. The van der Waals surface area contributed by atoms with Crippen molar-refractivity contribution in [1.82, 2.24) is 9.80 Å². The van der Waals surface area contributed by atoms with Crippen molar-refractivity contribution in [3.8, 4) is 0 Å². The minimum absolute atomic E-state index is 0. The van der Waals surface area contributed by atoms with Gasteiger partial charge in [0.05, 0.1) is 0 Å². The summed E-state index contributed by atoms with van der Waals surface area (Å²) in [6.45, 7) is 0.613. The average Bonchev–Trinajstić information content (AvgIpc) is 2.87. The molecule has 2 heterocycles. The van der Waals surface area contributed by atoms with Crippen molar-refractivity contribution in [3.63, 3.8) is 0 Å². The monoisotopic (exact) mass is 302 g/mol. The molecule has 8 nitrogen and oxygen atoms in total. The number of nitrogens with zero attached hydrogens (tertiary/aromatic N) is 2. The van der Waals surface area contributed by atoms with Gasteiger partial charge in [-0.25, -0.2) is 0 Å². The van der Waals surface area contributed by atoms with E-state index in [2.05, 4.69) is 0 Å². The first-order chi connectivity index (χ1) is 8.43. The van der Waals surface area contributed by atoms with Crippen molar-refractivity contribution in [3.05, 3.63) is 0 Å². The molecule has 2 aliphatic rings. The van der Waals surface area contributed by atoms with Crippen molar-refractivity contribution in [1.29, 1.82) is 0 Å². The van der Waals surface area contributed by atoms with E-state index in [0.717, 1.165) is 9.80 Å². The molecule has 0 saturated carbocycles. The number of hydrogen-bond acceptors (Lipinski definition) is 6.